The number of unbranched alkanes of at least 4 members (excludes halogenated alkanes) is 3. The Morgan fingerprint density at radius 2 is 2.04 bits per heavy atom. The molecule has 1 amide bonds. The maximum Gasteiger partial charge on any atom is 0.329 e. The number of amides is 1. The summed E-state index contributed by atoms with van der Waals surface area (Å²) in [5.74, 6) is -0.726. The molecular weight excluding hydrogens is 358 g/mol. The lowest BCUT2D eigenvalue weighted by molar-refractivity contribution is -0.190. The summed E-state index contributed by atoms with van der Waals surface area (Å²) in [6.45, 7) is 7.83. The SMILES string of the molecule is C/C=C/CCC(CC1OC(=O)C1CCCCCC)OC(=O)C(NC=O)C(C)C. The van der Waals surface area contributed by atoms with Crippen molar-refractivity contribution in [3.63, 3.8) is 0 Å². The van der Waals surface area contributed by atoms with Gasteiger partial charge in [-0.2, -0.15) is 0 Å². The molecule has 1 aliphatic rings. The quantitative estimate of drug-likeness (QED) is 0.197. The predicted molar refractivity (Wildman–Crippen MR) is 108 cm³/mol. The molecule has 0 bridgehead atoms. The van der Waals surface area contributed by atoms with E-state index in [4.69, 9.17) is 9.47 Å². The number of hydrogen-bond donors (Lipinski definition) is 1. The first-order valence-corrected chi connectivity index (χ1v) is 10.7. The average Bonchev–Trinajstić information content (AvgIpc) is 2.65. The van der Waals surface area contributed by atoms with Gasteiger partial charge < -0.3 is 14.8 Å². The Morgan fingerprint density at radius 3 is 2.61 bits per heavy atom. The Morgan fingerprint density at radius 1 is 1.29 bits per heavy atom. The summed E-state index contributed by atoms with van der Waals surface area (Å²) in [6, 6.07) is -0.671. The fourth-order valence-corrected chi connectivity index (χ4v) is 3.48. The first-order chi connectivity index (χ1) is 13.4. The first kappa shape index (κ1) is 24.2. The molecule has 4 atom stereocenters. The molecule has 1 aliphatic heterocycles. The van der Waals surface area contributed by atoms with Crippen LogP contribution in [0.5, 0.6) is 0 Å². The minimum Gasteiger partial charge on any atom is -0.461 e. The lowest BCUT2D eigenvalue weighted by atomic mass is 9.86. The molecule has 0 aliphatic carbocycles. The van der Waals surface area contributed by atoms with Gasteiger partial charge in [0.1, 0.15) is 18.2 Å². The largest absolute Gasteiger partial charge is 0.461 e. The van der Waals surface area contributed by atoms with E-state index in [1.165, 1.54) is 6.42 Å². The van der Waals surface area contributed by atoms with Gasteiger partial charge in [-0.25, -0.2) is 4.79 Å². The minimum absolute atomic E-state index is 0.0678. The zero-order valence-corrected chi connectivity index (χ0v) is 17.8. The maximum atomic E-state index is 12.5. The third-order valence-electron chi connectivity index (χ3n) is 5.22. The van der Waals surface area contributed by atoms with Gasteiger partial charge in [0, 0.05) is 6.42 Å². The minimum atomic E-state index is -0.671. The van der Waals surface area contributed by atoms with Crippen LogP contribution in [0.2, 0.25) is 0 Å². The number of nitrogens with one attached hydrogen (secondary N) is 1. The molecule has 28 heavy (non-hydrogen) atoms. The van der Waals surface area contributed by atoms with Gasteiger partial charge in [-0.05, 0) is 32.1 Å². The smallest absolute Gasteiger partial charge is 0.329 e. The summed E-state index contributed by atoms with van der Waals surface area (Å²) in [7, 11) is 0. The summed E-state index contributed by atoms with van der Waals surface area (Å²) in [6.07, 6.45) is 11.3. The third-order valence-corrected chi connectivity index (χ3v) is 5.22. The van der Waals surface area contributed by atoms with Gasteiger partial charge in [-0.15, -0.1) is 0 Å². The van der Waals surface area contributed by atoms with Crippen LogP contribution >= 0.6 is 0 Å². The van der Waals surface area contributed by atoms with E-state index in [0.717, 1.165) is 32.1 Å². The van der Waals surface area contributed by atoms with Crippen molar-refractivity contribution >= 4 is 18.3 Å². The van der Waals surface area contributed by atoms with Crippen molar-refractivity contribution in [2.24, 2.45) is 11.8 Å². The molecule has 1 fully saturated rings. The Kier molecular flexibility index (Phi) is 11.5. The van der Waals surface area contributed by atoms with Gasteiger partial charge in [-0.1, -0.05) is 58.6 Å². The van der Waals surface area contributed by atoms with Crippen LogP contribution in [0.25, 0.3) is 0 Å². The van der Waals surface area contributed by atoms with Gasteiger partial charge >= 0.3 is 11.9 Å². The highest BCUT2D eigenvalue weighted by molar-refractivity contribution is 5.79. The van der Waals surface area contributed by atoms with Crippen LogP contribution in [0.4, 0.5) is 0 Å². The molecule has 0 saturated carbocycles. The van der Waals surface area contributed by atoms with Crippen molar-refractivity contribution in [1.29, 1.82) is 0 Å². The van der Waals surface area contributed by atoms with E-state index in [9.17, 15) is 14.4 Å². The van der Waals surface area contributed by atoms with Crippen LogP contribution in [0.1, 0.15) is 79.1 Å². The van der Waals surface area contributed by atoms with E-state index in [1.807, 2.05) is 32.9 Å². The zero-order valence-electron chi connectivity index (χ0n) is 17.8. The topological polar surface area (TPSA) is 81.7 Å². The molecule has 1 heterocycles. The second-order valence-electron chi connectivity index (χ2n) is 7.88. The number of ether oxygens (including phenoxy) is 2. The van der Waals surface area contributed by atoms with Gasteiger partial charge in [-0.3, -0.25) is 9.59 Å². The monoisotopic (exact) mass is 395 g/mol. The summed E-state index contributed by atoms with van der Waals surface area (Å²) < 4.78 is 11.1. The zero-order chi connectivity index (χ0) is 20.9. The van der Waals surface area contributed by atoms with E-state index in [1.54, 1.807) is 0 Å². The van der Waals surface area contributed by atoms with Crippen LogP contribution in [0.3, 0.4) is 0 Å². The fraction of sp³-hybridized carbons (Fsp3) is 0.773. The normalized spacial score (nSPS) is 21.1. The lowest BCUT2D eigenvalue weighted by Crippen LogP contribution is -2.48. The molecule has 1 rings (SSSR count). The second-order valence-corrected chi connectivity index (χ2v) is 7.88. The van der Waals surface area contributed by atoms with Crippen molar-refractivity contribution < 1.29 is 23.9 Å². The van der Waals surface area contributed by atoms with Gasteiger partial charge in [0.25, 0.3) is 0 Å². The molecule has 1 saturated heterocycles. The molecule has 0 spiro atoms. The molecule has 0 radical (unpaired) electrons. The van der Waals surface area contributed by atoms with Crippen LogP contribution in [-0.4, -0.2) is 36.6 Å². The number of esters is 2. The highest BCUT2D eigenvalue weighted by Gasteiger charge is 2.43. The molecule has 0 aromatic carbocycles. The lowest BCUT2D eigenvalue weighted by Gasteiger charge is -2.37. The van der Waals surface area contributed by atoms with E-state index in [2.05, 4.69) is 12.2 Å². The molecule has 0 aromatic heterocycles. The highest BCUT2D eigenvalue weighted by Crippen LogP contribution is 2.32. The van der Waals surface area contributed by atoms with Crippen molar-refractivity contribution in [1.82, 2.24) is 5.32 Å². The van der Waals surface area contributed by atoms with E-state index in [-0.39, 0.29) is 30.0 Å². The number of allylic oxidation sites excluding steroid dienone is 2. The van der Waals surface area contributed by atoms with Gasteiger partial charge in [0.15, 0.2) is 0 Å². The Balaban J connectivity index is 2.66. The van der Waals surface area contributed by atoms with E-state index in [0.29, 0.717) is 19.3 Å². The van der Waals surface area contributed by atoms with E-state index >= 15 is 0 Å². The summed E-state index contributed by atoms with van der Waals surface area (Å²) >= 11 is 0. The molecule has 6 nitrogen and oxygen atoms in total. The molecule has 4 unspecified atom stereocenters. The maximum absolute atomic E-state index is 12.5. The van der Waals surface area contributed by atoms with Gasteiger partial charge in [0.05, 0.1) is 5.92 Å². The average molecular weight is 396 g/mol. The Bertz CT molecular complexity index is 517. The second kappa shape index (κ2) is 13.3. The van der Waals surface area contributed by atoms with Crippen LogP contribution < -0.4 is 5.32 Å². The molecule has 160 valence electrons. The van der Waals surface area contributed by atoms with Crippen LogP contribution in [0, 0.1) is 11.8 Å². The summed E-state index contributed by atoms with van der Waals surface area (Å²) in [5.41, 5.74) is 0. The predicted octanol–water partition coefficient (Wildman–Crippen LogP) is 3.93. The van der Waals surface area contributed by atoms with Gasteiger partial charge in [0.2, 0.25) is 6.41 Å². The van der Waals surface area contributed by atoms with Crippen LogP contribution in [0.15, 0.2) is 12.2 Å². The Hall–Kier alpha value is -1.85. The molecular formula is C22H37NO5. The Labute approximate surface area is 169 Å². The van der Waals surface area contributed by atoms with Crippen molar-refractivity contribution in [2.75, 3.05) is 0 Å². The van der Waals surface area contributed by atoms with Crippen molar-refractivity contribution in [3.8, 4) is 0 Å². The fourth-order valence-electron chi connectivity index (χ4n) is 3.48. The van der Waals surface area contributed by atoms with Crippen molar-refractivity contribution in [2.45, 2.75) is 97.3 Å². The number of carbonyl (C=O) groups is 3. The van der Waals surface area contributed by atoms with E-state index < -0.39 is 12.0 Å². The number of cyclic esters (lactones) is 1. The highest BCUT2D eigenvalue weighted by atomic mass is 16.6. The summed E-state index contributed by atoms with van der Waals surface area (Å²) in [5, 5.41) is 2.54. The molecule has 6 heteroatoms. The third kappa shape index (κ3) is 8.03. The number of hydrogen-bond acceptors (Lipinski definition) is 5. The molecule has 1 N–H and O–H groups in total. The molecule has 0 aromatic rings. The standard InChI is InChI=1S/C22H37NO5/c1-5-7-9-11-13-18-19(28-21(18)25)14-17(12-10-8-6-2)27-22(26)20(16(3)4)23-15-24/h6,8,15-20H,5,7,9-14H2,1-4H3,(H,23,24)/b8-6+. The summed E-state index contributed by atoms with van der Waals surface area (Å²) in [4.78, 5) is 35.2. The number of rotatable bonds is 15. The van der Waals surface area contributed by atoms with Crippen molar-refractivity contribution in [3.05, 3.63) is 12.2 Å². The van der Waals surface area contributed by atoms with Crippen LogP contribution in [-0.2, 0) is 23.9 Å². The number of carbonyl (C=O) groups excluding carboxylic acids is 3. The first-order valence-electron chi connectivity index (χ1n) is 10.7.